The molecule has 1 N–H and O–H groups in total. The van der Waals surface area contributed by atoms with E-state index < -0.39 is 0 Å². The first kappa shape index (κ1) is 7.74. The van der Waals surface area contributed by atoms with Gasteiger partial charge in [0.1, 0.15) is 5.65 Å². The highest BCUT2D eigenvalue weighted by Crippen LogP contribution is 2.27. The lowest BCUT2D eigenvalue weighted by molar-refractivity contribution is 0.0974. The van der Waals surface area contributed by atoms with Crippen LogP contribution >= 0.6 is 0 Å². The maximum atomic E-state index is 11.7. The van der Waals surface area contributed by atoms with E-state index in [0.717, 1.165) is 35.1 Å². The maximum Gasteiger partial charge on any atom is 0.165 e. The number of carbonyl (C=O) groups is 1. The van der Waals surface area contributed by atoms with Gasteiger partial charge in [0, 0.05) is 29.3 Å². The highest BCUT2D eigenvalue weighted by atomic mass is 16.1. The second kappa shape index (κ2) is 2.67. The van der Waals surface area contributed by atoms with Crippen molar-refractivity contribution in [3.8, 4) is 0 Å². The summed E-state index contributed by atoms with van der Waals surface area (Å²) in [5, 5.41) is 0.979. The Hall–Kier alpha value is -1.64. The molecule has 2 aromatic rings. The number of hydrogen-bond donors (Lipinski definition) is 1. The van der Waals surface area contributed by atoms with Crippen LogP contribution in [0.2, 0.25) is 0 Å². The Bertz CT molecular complexity index is 513. The zero-order valence-corrected chi connectivity index (χ0v) is 7.71. The van der Waals surface area contributed by atoms with Crippen LogP contribution in [0.25, 0.3) is 11.0 Å². The van der Waals surface area contributed by atoms with Gasteiger partial charge in [0.2, 0.25) is 0 Å². The highest BCUT2D eigenvalue weighted by Gasteiger charge is 2.22. The predicted molar refractivity (Wildman–Crippen MR) is 53.4 cm³/mol. The minimum absolute atomic E-state index is 0.255. The van der Waals surface area contributed by atoms with Crippen LogP contribution in [-0.2, 0) is 6.42 Å². The van der Waals surface area contributed by atoms with Crippen LogP contribution in [0.3, 0.4) is 0 Å². The number of pyridine rings is 1. The van der Waals surface area contributed by atoms with E-state index in [1.54, 1.807) is 6.20 Å². The largest absolute Gasteiger partial charge is 0.343 e. The molecule has 0 unspecified atom stereocenters. The Morgan fingerprint density at radius 1 is 1.36 bits per heavy atom. The lowest BCUT2D eigenvalue weighted by Crippen LogP contribution is -2.08. The fourth-order valence-corrected chi connectivity index (χ4v) is 2.13. The Kier molecular flexibility index (Phi) is 1.48. The molecule has 0 aromatic carbocycles. The third-order valence-electron chi connectivity index (χ3n) is 2.76. The third kappa shape index (κ3) is 0.923. The van der Waals surface area contributed by atoms with Gasteiger partial charge in [0.15, 0.2) is 5.78 Å². The smallest absolute Gasteiger partial charge is 0.165 e. The van der Waals surface area contributed by atoms with E-state index in [4.69, 9.17) is 0 Å². The zero-order chi connectivity index (χ0) is 9.54. The lowest BCUT2D eigenvalue weighted by atomic mass is 9.95. The molecule has 0 saturated carbocycles. The summed E-state index contributed by atoms with van der Waals surface area (Å²) in [6.07, 6.45) is 4.35. The number of ketones is 1. The summed E-state index contributed by atoms with van der Waals surface area (Å²) < 4.78 is 0. The molecule has 2 heterocycles. The number of nitrogens with one attached hydrogen (secondary N) is 1. The number of nitrogens with zero attached hydrogens (tertiary/aromatic N) is 1. The van der Waals surface area contributed by atoms with Gasteiger partial charge >= 0.3 is 0 Å². The van der Waals surface area contributed by atoms with Crippen molar-refractivity contribution in [1.82, 2.24) is 9.97 Å². The van der Waals surface area contributed by atoms with Crippen LogP contribution in [0, 0.1) is 0 Å². The molecule has 0 atom stereocenters. The van der Waals surface area contributed by atoms with Crippen molar-refractivity contribution in [3.63, 3.8) is 0 Å². The van der Waals surface area contributed by atoms with E-state index in [1.165, 1.54) is 0 Å². The number of H-pyrrole nitrogens is 1. The number of carbonyl (C=O) groups excluding carboxylic acids is 1. The van der Waals surface area contributed by atoms with E-state index in [9.17, 15) is 4.79 Å². The Labute approximate surface area is 81.2 Å². The molecule has 0 saturated heterocycles. The van der Waals surface area contributed by atoms with Gasteiger partial charge in [-0.1, -0.05) is 0 Å². The van der Waals surface area contributed by atoms with Crippen LogP contribution in [0.5, 0.6) is 0 Å². The van der Waals surface area contributed by atoms with E-state index in [2.05, 4.69) is 9.97 Å². The molecular formula is C11H10N2O. The summed E-state index contributed by atoms with van der Waals surface area (Å²) in [5.41, 5.74) is 2.78. The first-order valence-electron chi connectivity index (χ1n) is 4.85. The molecule has 3 heteroatoms. The topological polar surface area (TPSA) is 45.8 Å². The first-order valence-corrected chi connectivity index (χ1v) is 4.85. The summed E-state index contributed by atoms with van der Waals surface area (Å²) in [5.74, 6) is 0.255. The summed E-state index contributed by atoms with van der Waals surface area (Å²) in [6, 6.07) is 3.83. The average Bonchev–Trinajstić information content (AvgIpc) is 2.57. The molecular weight excluding hydrogens is 176 g/mol. The van der Waals surface area contributed by atoms with Gasteiger partial charge < -0.3 is 4.98 Å². The average molecular weight is 186 g/mol. The van der Waals surface area contributed by atoms with Crippen LogP contribution in [0.1, 0.15) is 28.9 Å². The maximum absolute atomic E-state index is 11.7. The van der Waals surface area contributed by atoms with E-state index in [-0.39, 0.29) is 5.78 Å². The summed E-state index contributed by atoms with van der Waals surface area (Å²) in [6.45, 7) is 0. The van der Waals surface area contributed by atoms with E-state index in [1.807, 2.05) is 12.1 Å². The van der Waals surface area contributed by atoms with Crippen molar-refractivity contribution in [1.29, 1.82) is 0 Å². The van der Waals surface area contributed by atoms with Crippen LogP contribution in [0.4, 0.5) is 0 Å². The quantitative estimate of drug-likeness (QED) is 0.684. The van der Waals surface area contributed by atoms with E-state index >= 15 is 0 Å². The van der Waals surface area contributed by atoms with Gasteiger partial charge in [-0.2, -0.15) is 0 Å². The van der Waals surface area contributed by atoms with Crippen molar-refractivity contribution in [2.45, 2.75) is 19.3 Å². The lowest BCUT2D eigenvalue weighted by Gasteiger charge is -2.08. The zero-order valence-electron chi connectivity index (χ0n) is 7.71. The van der Waals surface area contributed by atoms with Crippen LogP contribution < -0.4 is 0 Å². The van der Waals surface area contributed by atoms with Crippen LogP contribution in [-0.4, -0.2) is 15.8 Å². The van der Waals surface area contributed by atoms with Crippen LogP contribution in [0.15, 0.2) is 18.3 Å². The molecule has 2 aromatic heterocycles. The summed E-state index contributed by atoms with van der Waals surface area (Å²) >= 11 is 0. The van der Waals surface area contributed by atoms with Gasteiger partial charge in [0.05, 0.1) is 0 Å². The molecule has 70 valence electrons. The number of aromatic amines is 1. The molecule has 0 bridgehead atoms. The molecule has 3 rings (SSSR count). The van der Waals surface area contributed by atoms with Gasteiger partial charge in [-0.15, -0.1) is 0 Å². The van der Waals surface area contributed by atoms with Crippen molar-refractivity contribution in [2.75, 3.05) is 0 Å². The van der Waals surface area contributed by atoms with Gasteiger partial charge in [-0.3, -0.25) is 4.79 Å². The fraction of sp³-hybridized carbons (Fsp3) is 0.273. The molecule has 0 aliphatic heterocycles. The molecule has 0 amide bonds. The number of fused-ring (bicyclic) bond motifs is 3. The molecule has 14 heavy (non-hydrogen) atoms. The van der Waals surface area contributed by atoms with Gasteiger partial charge in [-0.05, 0) is 25.0 Å². The van der Waals surface area contributed by atoms with Gasteiger partial charge in [-0.25, -0.2) is 4.98 Å². The van der Waals surface area contributed by atoms with E-state index in [0.29, 0.717) is 6.42 Å². The fourth-order valence-electron chi connectivity index (χ4n) is 2.13. The molecule has 0 radical (unpaired) electrons. The normalized spacial score (nSPS) is 15.9. The van der Waals surface area contributed by atoms with Gasteiger partial charge in [0.25, 0.3) is 0 Å². The number of rotatable bonds is 0. The second-order valence-electron chi connectivity index (χ2n) is 3.65. The Morgan fingerprint density at radius 2 is 2.29 bits per heavy atom. The summed E-state index contributed by atoms with van der Waals surface area (Å²) in [7, 11) is 0. The number of hydrogen-bond acceptors (Lipinski definition) is 2. The summed E-state index contributed by atoms with van der Waals surface area (Å²) in [4.78, 5) is 19.1. The highest BCUT2D eigenvalue weighted by molar-refractivity contribution is 6.09. The number of aromatic nitrogens is 2. The predicted octanol–water partition coefficient (Wildman–Crippen LogP) is 2.08. The Balaban J connectivity index is 2.39. The first-order chi connectivity index (χ1) is 6.86. The molecule has 1 aliphatic carbocycles. The van der Waals surface area contributed by atoms with Crippen molar-refractivity contribution in [2.24, 2.45) is 0 Å². The molecule has 0 spiro atoms. The van der Waals surface area contributed by atoms with Crippen molar-refractivity contribution >= 4 is 16.8 Å². The Morgan fingerprint density at radius 3 is 3.21 bits per heavy atom. The third-order valence-corrected chi connectivity index (χ3v) is 2.76. The molecule has 1 aliphatic rings. The molecule has 0 fully saturated rings. The SMILES string of the molecule is O=C1CCCc2[nH]c3ncccc3c21. The molecule has 3 nitrogen and oxygen atoms in total. The number of Topliss-reactive ketones (excluding diaryl/α,β-unsaturated/α-hetero) is 1. The second-order valence-corrected chi connectivity index (χ2v) is 3.65. The van der Waals surface area contributed by atoms with Crippen molar-refractivity contribution < 1.29 is 4.79 Å². The monoisotopic (exact) mass is 186 g/mol. The standard InChI is InChI=1S/C11H10N2O/c14-9-5-1-4-8-10(9)7-3-2-6-12-11(7)13-8/h2-3,6H,1,4-5H2,(H,12,13). The minimum Gasteiger partial charge on any atom is -0.343 e. The van der Waals surface area contributed by atoms with Crippen molar-refractivity contribution in [3.05, 3.63) is 29.6 Å². The number of aryl methyl sites for hydroxylation is 1. The minimum atomic E-state index is 0.255.